The van der Waals surface area contributed by atoms with Crippen LogP contribution in [-0.4, -0.2) is 35.9 Å². The van der Waals surface area contributed by atoms with Crippen molar-refractivity contribution in [3.63, 3.8) is 0 Å². The van der Waals surface area contributed by atoms with Crippen LogP contribution in [0.3, 0.4) is 0 Å². The molecule has 0 saturated heterocycles. The van der Waals surface area contributed by atoms with Gasteiger partial charge in [-0.3, -0.25) is 9.67 Å². The zero-order valence-electron chi connectivity index (χ0n) is 14.9. The van der Waals surface area contributed by atoms with E-state index in [0.717, 1.165) is 17.4 Å². The molecule has 0 aliphatic rings. The number of aromatic nitrogens is 2. The van der Waals surface area contributed by atoms with Gasteiger partial charge < -0.3 is 15.4 Å². The summed E-state index contributed by atoms with van der Waals surface area (Å²) in [5, 5.41) is 10.7. The summed E-state index contributed by atoms with van der Waals surface area (Å²) in [6, 6.07) is 10.2. The Labute approximate surface area is 143 Å². The van der Waals surface area contributed by atoms with Crippen LogP contribution in [0.1, 0.15) is 31.0 Å². The molecule has 0 amide bonds. The molecule has 0 fully saturated rings. The molecule has 0 aliphatic heterocycles. The summed E-state index contributed by atoms with van der Waals surface area (Å²) in [7, 11) is 3.68. The molecule has 1 aromatic carbocycles. The number of rotatable bonds is 7. The number of aryl methyl sites for hydroxylation is 1. The monoisotopic (exact) mass is 329 g/mol. The van der Waals surface area contributed by atoms with Gasteiger partial charge in [0.25, 0.3) is 0 Å². The predicted molar refractivity (Wildman–Crippen MR) is 97.4 cm³/mol. The number of para-hydroxylation sites is 1. The third-order valence-electron chi connectivity index (χ3n) is 3.78. The highest BCUT2D eigenvalue weighted by atomic mass is 16.5. The highest BCUT2D eigenvalue weighted by molar-refractivity contribution is 5.79. The molecule has 0 saturated carbocycles. The molecule has 2 aromatic rings. The zero-order valence-corrected chi connectivity index (χ0v) is 14.9. The summed E-state index contributed by atoms with van der Waals surface area (Å²) in [6.07, 6.45) is 1.78. The predicted octanol–water partition coefficient (Wildman–Crippen LogP) is 2.29. The molecule has 0 spiro atoms. The van der Waals surface area contributed by atoms with Crippen LogP contribution in [0.25, 0.3) is 0 Å². The van der Waals surface area contributed by atoms with Gasteiger partial charge in [0.1, 0.15) is 12.4 Å². The number of nitrogens with zero attached hydrogens (tertiary/aromatic N) is 3. The van der Waals surface area contributed by atoms with Gasteiger partial charge in [0.15, 0.2) is 5.96 Å². The summed E-state index contributed by atoms with van der Waals surface area (Å²) in [5.41, 5.74) is 2.33. The van der Waals surface area contributed by atoms with E-state index in [2.05, 4.69) is 40.6 Å². The Bertz CT molecular complexity index is 663. The Kier molecular flexibility index (Phi) is 6.66. The first-order chi connectivity index (χ1) is 11.6. The van der Waals surface area contributed by atoms with Crippen molar-refractivity contribution in [3.8, 4) is 5.75 Å². The average Bonchev–Trinajstić information content (AvgIpc) is 2.99. The van der Waals surface area contributed by atoms with Crippen molar-refractivity contribution >= 4 is 5.96 Å². The summed E-state index contributed by atoms with van der Waals surface area (Å²) in [4.78, 5) is 4.22. The molecule has 6 nitrogen and oxygen atoms in total. The quantitative estimate of drug-likeness (QED) is 0.465. The molecule has 2 N–H and O–H groups in total. The van der Waals surface area contributed by atoms with Gasteiger partial charge in [-0.2, -0.15) is 5.10 Å². The molecule has 0 bridgehead atoms. The number of guanidine groups is 1. The van der Waals surface area contributed by atoms with Gasteiger partial charge in [-0.1, -0.05) is 32.0 Å². The third kappa shape index (κ3) is 5.01. The fourth-order valence-electron chi connectivity index (χ4n) is 2.39. The van der Waals surface area contributed by atoms with Crippen molar-refractivity contribution in [3.05, 3.63) is 47.8 Å². The minimum Gasteiger partial charge on any atom is -0.491 e. The largest absolute Gasteiger partial charge is 0.491 e. The first-order valence-electron chi connectivity index (χ1n) is 8.25. The molecule has 0 radical (unpaired) electrons. The van der Waals surface area contributed by atoms with Crippen LogP contribution >= 0.6 is 0 Å². The van der Waals surface area contributed by atoms with Crippen LogP contribution in [0, 0.1) is 0 Å². The highest BCUT2D eigenvalue weighted by Crippen LogP contribution is 2.25. The molecule has 130 valence electrons. The summed E-state index contributed by atoms with van der Waals surface area (Å²) in [6.45, 7) is 6.27. The standard InChI is InChI=1S/C18H27N5O/c1-14(2)16-7-5-6-8-17(16)24-12-11-20-18(19-3)21-13-15-9-10-22-23(15)4/h5-10,14H,11-13H2,1-4H3,(H2,19,20,21). The van der Waals surface area contributed by atoms with E-state index < -0.39 is 0 Å². The molecule has 1 heterocycles. The maximum Gasteiger partial charge on any atom is 0.191 e. The van der Waals surface area contributed by atoms with Crippen LogP contribution in [-0.2, 0) is 13.6 Å². The average molecular weight is 329 g/mol. The van der Waals surface area contributed by atoms with E-state index in [1.807, 2.05) is 36.0 Å². The Balaban J connectivity index is 1.75. The molecule has 24 heavy (non-hydrogen) atoms. The summed E-state index contributed by atoms with van der Waals surface area (Å²) in [5.74, 6) is 2.14. The second kappa shape index (κ2) is 8.96. The molecule has 0 atom stereocenters. The van der Waals surface area contributed by atoms with Crippen LogP contribution in [0.5, 0.6) is 5.75 Å². The summed E-state index contributed by atoms with van der Waals surface area (Å²) >= 11 is 0. The van der Waals surface area contributed by atoms with Crippen LogP contribution < -0.4 is 15.4 Å². The molecule has 0 unspecified atom stereocenters. The number of benzene rings is 1. The highest BCUT2D eigenvalue weighted by Gasteiger charge is 2.06. The summed E-state index contributed by atoms with van der Waals surface area (Å²) < 4.78 is 7.74. The first-order valence-corrected chi connectivity index (χ1v) is 8.25. The number of nitrogens with one attached hydrogen (secondary N) is 2. The number of aliphatic imine (C=N–C) groups is 1. The molecular weight excluding hydrogens is 302 g/mol. The SMILES string of the molecule is CN=C(NCCOc1ccccc1C(C)C)NCc1ccnn1C. The fraction of sp³-hybridized carbons (Fsp3) is 0.444. The van der Waals surface area contributed by atoms with Crippen LogP contribution in [0.15, 0.2) is 41.5 Å². The minimum absolute atomic E-state index is 0.447. The number of hydrogen-bond donors (Lipinski definition) is 2. The molecule has 1 aromatic heterocycles. The lowest BCUT2D eigenvalue weighted by molar-refractivity contribution is 0.317. The van der Waals surface area contributed by atoms with Crippen molar-refractivity contribution in [1.82, 2.24) is 20.4 Å². The molecular formula is C18H27N5O. The minimum atomic E-state index is 0.447. The van der Waals surface area contributed by atoms with Crippen LogP contribution in [0.4, 0.5) is 0 Å². The first kappa shape index (κ1) is 17.8. The van der Waals surface area contributed by atoms with Gasteiger partial charge >= 0.3 is 0 Å². The normalized spacial score (nSPS) is 11.6. The second-order valence-corrected chi connectivity index (χ2v) is 5.84. The van der Waals surface area contributed by atoms with Crippen molar-refractivity contribution in [2.24, 2.45) is 12.0 Å². The van der Waals surface area contributed by atoms with E-state index in [1.165, 1.54) is 5.56 Å². The number of ether oxygens (including phenoxy) is 1. The van der Waals surface area contributed by atoms with Gasteiger partial charge in [0.05, 0.1) is 18.8 Å². The molecule has 6 heteroatoms. The van der Waals surface area contributed by atoms with E-state index in [1.54, 1.807) is 13.2 Å². The Hall–Kier alpha value is -2.50. The molecule has 0 aliphatic carbocycles. The van der Waals surface area contributed by atoms with E-state index in [-0.39, 0.29) is 0 Å². The van der Waals surface area contributed by atoms with Crippen molar-refractivity contribution in [2.45, 2.75) is 26.3 Å². The Morgan fingerprint density at radius 2 is 2.04 bits per heavy atom. The van der Waals surface area contributed by atoms with Gasteiger partial charge in [-0.15, -0.1) is 0 Å². The Morgan fingerprint density at radius 1 is 1.25 bits per heavy atom. The number of hydrogen-bond acceptors (Lipinski definition) is 3. The zero-order chi connectivity index (χ0) is 17.4. The Morgan fingerprint density at radius 3 is 2.71 bits per heavy atom. The van der Waals surface area contributed by atoms with Gasteiger partial charge in [-0.05, 0) is 23.6 Å². The lowest BCUT2D eigenvalue weighted by Gasteiger charge is -2.15. The fourth-order valence-corrected chi connectivity index (χ4v) is 2.39. The van der Waals surface area contributed by atoms with E-state index in [4.69, 9.17) is 4.74 Å². The lowest BCUT2D eigenvalue weighted by atomic mass is 10.0. The second-order valence-electron chi connectivity index (χ2n) is 5.84. The van der Waals surface area contributed by atoms with Gasteiger partial charge in [0, 0.05) is 20.3 Å². The van der Waals surface area contributed by atoms with Crippen molar-refractivity contribution in [2.75, 3.05) is 20.2 Å². The van der Waals surface area contributed by atoms with E-state index in [0.29, 0.717) is 25.6 Å². The third-order valence-corrected chi connectivity index (χ3v) is 3.78. The van der Waals surface area contributed by atoms with Crippen molar-refractivity contribution < 1.29 is 4.74 Å². The van der Waals surface area contributed by atoms with Crippen molar-refractivity contribution in [1.29, 1.82) is 0 Å². The van der Waals surface area contributed by atoms with E-state index >= 15 is 0 Å². The maximum absolute atomic E-state index is 5.90. The lowest BCUT2D eigenvalue weighted by Crippen LogP contribution is -2.39. The van der Waals surface area contributed by atoms with E-state index in [9.17, 15) is 0 Å². The topological polar surface area (TPSA) is 63.5 Å². The smallest absolute Gasteiger partial charge is 0.191 e. The van der Waals surface area contributed by atoms with Gasteiger partial charge in [-0.25, -0.2) is 0 Å². The molecule has 2 rings (SSSR count). The van der Waals surface area contributed by atoms with Gasteiger partial charge in [0.2, 0.25) is 0 Å². The maximum atomic E-state index is 5.90. The van der Waals surface area contributed by atoms with Crippen LogP contribution in [0.2, 0.25) is 0 Å².